The topological polar surface area (TPSA) is 24.4 Å². The van der Waals surface area contributed by atoms with E-state index < -0.39 is 0 Å². The van der Waals surface area contributed by atoms with Gasteiger partial charge in [0.05, 0.1) is 5.70 Å². The average molecular weight is 146 g/mol. The fraction of sp³-hybridized carbons (Fsp3) is 0.222. The number of allylic oxidation sites excluding steroid dienone is 3. The van der Waals surface area contributed by atoms with E-state index in [1.165, 1.54) is 5.70 Å². The third kappa shape index (κ3) is 1.40. The van der Waals surface area contributed by atoms with Crippen LogP contribution in [0.1, 0.15) is 6.42 Å². The Morgan fingerprint density at radius 2 is 2.55 bits per heavy atom. The monoisotopic (exact) mass is 146 g/mol. The Morgan fingerprint density at radius 3 is 3.18 bits per heavy atom. The van der Waals surface area contributed by atoms with Crippen molar-refractivity contribution in [2.75, 3.05) is 6.54 Å². The highest BCUT2D eigenvalue weighted by molar-refractivity contribution is 5.77. The zero-order chi connectivity index (χ0) is 7.52. The Kier molecular flexibility index (Phi) is 1.60. The van der Waals surface area contributed by atoms with Crippen molar-refractivity contribution >= 4 is 6.21 Å². The fourth-order valence-electron chi connectivity index (χ4n) is 1.18. The summed E-state index contributed by atoms with van der Waals surface area (Å²) in [6, 6.07) is 0. The van der Waals surface area contributed by atoms with Crippen LogP contribution in [-0.4, -0.2) is 12.8 Å². The molecular weight excluding hydrogens is 136 g/mol. The van der Waals surface area contributed by atoms with Crippen molar-refractivity contribution in [2.24, 2.45) is 4.99 Å². The first kappa shape index (κ1) is 6.40. The van der Waals surface area contributed by atoms with Gasteiger partial charge < -0.3 is 5.32 Å². The van der Waals surface area contributed by atoms with E-state index in [1.54, 1.807) is 6.21 Å². The molecule has 0 aromatic rings. The molecule has 0 saturated carbocycles. The van der Waals surface area contributed by atoms with Crippen molar-refractivity contribution in [1.82, 2.24) is 5.32 Å². The second-order valence-corrected chi connectivity index (χ2v) is 2.58. The SMILES string of the molecule is C1=C/C(=C/C2=CCCN2)N=C1. The number of hydrogen-bond donors (Lipinski definition) is 1. The summed E-state index contributed by atoms with van der Waals surface area (Å²) < 4.78 is 0. The third-order valence-electron chi connectivity index (χ3n) is 1.72. The maximum absolute atomic E-state index is 4.14. The Labute approximate surface area is 66.0 Å². The summed E-state index contributed by atoms with van der Waals surface area (Å²) in [5, 5.41) is 3.26. The molecule has 0 aliphatic carbocycles. The molecule has 11 heavy (non-hydrogen) atoms. The van der Waals surface area contributed by atoms with Crippen LogP contribution in [0.3, 0.4) is 0 Å². The van der Waals surface area contributed by atoms with Crippen molar-refractivity contribution in [3.8, 4) is 0 Å². The van der Waals surface area contributed by atoms with Gasteiger partial charge in [-0.3, -0.25) is 4.99 Å². The quantitative estimate of drug-likeness (QED) is 0.594. The van der Waals surface area contributed by atoms with E-state index in [0.717, 1.165) is 18.7 Å². The lowest BCUT2D eigenvalue weighted by Gasteiger charge is -1.95. The Morgan fingerprint density at radius 1 is 1.55 bits per heavy atom. The summed E-state index contributed by atoms with van der Waals surface area (Å²) in [7, 11) is 0. The summed E-state index contributed by atoms with van der Waals surface area (Å²) in [4.78, 5) is 4.14. The molecular formula is C9H10N2. The van der Waals surface area contributed by atoms with Crippen LogP contribution in [0.15, 0.2) is 40.7 Å². The van der Waals surface area contributed by atoms with Gasteiger partial charge in [-0.1, -0.05) is 6.08 Å². The molecule has 0 spiro atoms. The molecule has 2 heteroatoms. The molecule has 0 fully saturated rings. The summed E-state index contributed by atoms with van der Waals surface area (Å²) in [5.74, 6) is 0. The van der Waals surface area contributed by atoms with Gasteiger partial charge in [0.2, 0.25) is 0 Å². The van der Waals surface area contributed by atoms with E-state index in [9.17, 15) is 0 Å². The lowest BCUT2D eigenvalue weighted by Crippen LogP contribution is -2.05. The van der Waals surface area contributed by atoms with E-state index >= 15 is 0 Å². The van der Waals surface area contributed by atoms with Crippen LogP contribution >= 0.6 is 0 Å². The molecule has 0 bridgehead atoms. The molecule has 0 saturated heterocycles. The number of nitrogens with one attached hydrogen (secondary N) is 1. The fourth-order valence-corrected chi connectivity index (χ4v) is 1.18. The van der Waals surface area contributed by atoms with Gasteiger partial charge in [0.25, 0.3) is 0 Å². The molecule has 56 valence electrons. The molecule has 2 nitrogen and oxygen atoms in total. The third-order valence-corrected chi connectivity index (χ3v) is 1.72. The molecule has 2 aliphatic heterocycles. The zero-order valence-corrected chi connectivity index (χ0v) is 6.25. The molecule has 2 heterocycles. The summed E-state index contributed by atoms with van der Waals surface area (Å²) in [6.07, 6.45) is 11.1. The van der Waals surface area contributed by atoms with Crippen LogP contribution in [-0.2, 0) is 0 Å². The number of hydrogen-bond acceptors (Lipinski definition) is 2. The summed E-state index contributed by atoms with van der Waals surface area (Å²) >= 11 is 0. The first-order valence-corrected chi connectivity index (χ1v) is 3.81. The highest BCUT2D eigenvalue weighted by Crippen LogP contribution is 2.10. The minimum atomic E-state index is 1.03. The number of rotatable bonds is 1. The molecule has 0 aromatic carbocycles. The Bertz CT molecular complexity index is 255. The van der Waals surface area contributed by atoms with Crippen molar-refractivity contribution < 1.29 is 0 Å². The van der Waals surface area contributed by atoms with Crippen LogP contribution in [0.5, 0.6) is 0 Å². The predicted molar refractivity (Wildman–Crippen MR) is 46.4 cm³/mol. The highest BCUT2D eigenvalue weighted by atomic mass is 14.9. The molecule has 0 atom stereocenters. The number of aliphatic imine (C=N–C) groups is 1. The van der Waals surface area contributed by atoms with Gasteiger partial charge in [0.1, 0.15) is 0 Å². The van der Waals surface area contributed by atoms with E-state index in [-0.39, 0.29) is 0 Å². The minimum Gasteiger partial charge on any atom is -0.385 e. The second-order valence-electron chi connectivity index (χ2n) is 2.58. The van der Waals surface area contributed by atoms with Gasteiger partial charge in [-0.05, 0) is 24.6 Å². The van der Waals surface area contributed by atoms with Crippen LogP contribution in [0.2, 0.25) is 0 Å². The van der Waals surface area contributed by atoms with E-state index in [1.807, 2.05) is 12.2 Å². The first-order valence-electron chi connectivity index (χ1n) is 3.81. The Hall–Kier alpha value is -1.31. The molecule has 0 amide bonds. The largest absolute Gasteiger partial charge is 0.385 e. The van der Waals surface area contributed by atoms with Crippen LogP contribution in [0, 0.1) is 0 Å². The predicted octanol–water partition coefficient (Wildman–Crippen LogP) is 1.39. The van der Waals surface area contributed by atoms with Gasteiger partial charge in [-0.15, -0.1) is 0 Å². The maximum Gasteiger partial charge on any atom is 0.0650 e. The zero-order valence-electron chi connectivity index (χ0n) is 6.25. The van der Waals surface area contributed by atoms with Gasteiger partial charge in [-0.25, -0.2) is 0 Å². The van der Waals surface area contributed by atoms with Gasteiger partial charge in [0, 0.05) is 18.5 Å². The smallest absolute Gasteiger partial charge is 0.0650 e. The van der Waals surface area contributed by atoms with E-state index in [2.05, 4.69) is 22.5 Å². The second kappa shape index (κ2) is 2.74. The van der Waals surface area contributed by atoms with Crippen molar-refractivity contribution in [3.05, 3.63) is 35.7 Å². The molecule has 1 N–H and O–H groups in total. The molecule has 2 aliphatic rings. The maximum atomic E-state index is 4.14. The summed E-state index contributed by atoms with van der Waals surface area (Å²) in [6.45, 7) is 1.06. The lowest BCUT2D eigenvalue weighted by atomic mass is 10.3. The van der Waals surface area contributed by atoms with Gasteiger partial charge >= 0.3 is 0 Å². The molecule has 2 rings (SSSR count). The van der Waals surface area contributed by atoms with Crippen LogP contribution < -0.4 is 5.32 Å². The van der Waals surface area contributed by atoms with Crippen molar-refractivity contribution in [3.63, 3.8) is 0 Å². The molecule has 0 unspecified atom stereocenters. The molecule has 0 aromatic heterocycles. The first-order chi connectivity index (χ1) is 5.45. The van der Waals surface area contributed by atoms with Crippen LogP contribution in [0.25, 0.3) is 0 Å². The van der Waals surface area contributed by atoms with Gasteiger partial charge in [0.15, 0.2) is 0 Å². The van der Waals surface area contributed by atoms with Crippen LogP contribution in [0.4, 0.5) is 0 Å². The lowest BCUT2D eigenvalue weighted by molar-refractivity contribution is 0.891. The number of nitrogens with zero attached hydrogens (tertiary/aromatic N) is 1. The van der Waals surface area contributed by atoms with E-state index in [4.69, 9.17) is 0 Å². The minimum absolute atomic E-state index is 1.03. The Balaban J connectivity index is 2.13. The normalized spacial score (nSPS) is 24.4. The highest BCUT2D eigenvalue weighted by Gasteiger charge is 2.00. The average Bonchev–Trinajstić information content (AvgIpc) is 2.60. The standard InChI is InChI=1S/C9H10N2/c1-3-8(10-5-1)7-9-4-2-6-11-9/h1,3-5,7,11H,2,6H2/b8-7-. The van der Waals surface area contributed by atoms with Crippen molar-refractivity contribution in [1.29, 1.82) is 0 Å². The molecule has 0 radical (unpaired) electrons. The van der Waals surface area contributed by atoms with Crippen molar-refractivity contribution in [2.45, 2.75) is 6.42 Å². The summed E-state index contributed by atoms with van der Waals surface area (Å²) in [5.41, 5.74) is 2.23. The van der Waals surface area contributed by atoms with E-state index in [0.29, 0.717) is 0 Å². The van der Waals surface area contributed by atoms with Gasteiger partial charge in [-0.2, -0.15) is 0 Å².